The van der Waals surface area contributed by atoms with Crippen molar-refractivity contribution >= 4 is 16.9 Å². The number of hydrogen-bond donors (Lipinski definition) is 1. The van der Waals surface area contributed by atoms with Gasteiger partial charge in [-0.1, -0.05) is 12.1 Å². The molecule has 110 valence electrons. The van der Waals surface area contributed by atoms with Crippen LogP contribution in [-0.4, -0.2) is 44.7 Å². The zero-order chi connectivity index (χ0) is 14.4. The molecule has 3 unspecified atom stereocenters. The standard InChI is InChI=1S/C16H19N3O2/c20-15-6-5-11-7-18(8-12(11)15)16(21)9-19-10-17-13-3-1-2-4-14(13)19/h1-4,10-12,15,20H,5-9H2. The first-order valence-electron chi connectivity index (χ1n) is 7.58. The first kappa shape index (κ1) is 12.8. The lowest BCUT2D eigenvalue weighted by molar-refractivity contribution is -0.131. The molecule has 2 aromatic rings. The van der Waals surface area contributed by atoms with Crippen molar-refractivity contribution in [3.8, 4) is 0 Å². The minimum Gasteiger partial charge on any atom is -0.393 e. The Kier molecular flexibility index (Phi) is 2.96. The van der Waals surface area contributed by atoms with Gasteiger partial charge in [0, 0.05) is 19.0 Å². The van der Waals surface area contributed by atoms with Crippen LogP contribution in [-0.2, 0) is 11.3 Å². The summed E-state index contributed by atoms with van der Waals surface area (Å²) in [5.41, 5.74) is 1.91. The maximum atomic E-state index is 12.5. The molecule has 2 aliphatic rings. The van der Waals surface area contributed by atoms with Gasteiger partial charge in [0.25, 0.3) is 0 Å². The van der Waals surface area contributed by atoms with E-state index in [0.29, 0.717) is 19.0 Å². The predicted molar refractivity (Wildman–Crippen MR) is 78.5 cm³/mol. The van der Waals surface area contributed by atoms with Gasteiger partial charge in [-0.2, -0.15) is 0 Å². The third-order valence-electron chi connectivity index (χ3n) is 5.00. The molecule has 0 spiro atoms. The lowest BCUT2D eigenvalue weighted by atomic mass is 10.00. The Morgan fingerprint density at radius 1 is 1.29 bits per heavy atom. The van der Waals surface area contributed by atoms with E-state index < -0.39 is 0 Å². The fraction of sp³-hybridized carbons (Fsp3) is 0.500. The van der Waals surface area contributed by atoms with Gasteiger partial charge in [0.1, 0.15) is 6.54 Å². The number of fused-ring (bicyclic) bond motifs is 2. The van der Waals surface area contributed by atoms with Gasteiger partial charge in [-0.05, 0) is 30.9 Å². The van der Waals surface area contributed by atoms with Gasteiger partial charge >= 0.3 is 0 Å². The second kappa shape index (κ2) is 4.84. The maximum Gasteiger partial charge on any atom is 0.242 e. The van der Waals surface area contributed by atoms with Crippen LogP contribution in [0.1, 0.15) is 12.8 Å². The molecular formula is C16H19N3O2. The Bertz CT molecular complexity index is 681. The summed E-state index contributed by atoms with van der Waals surface area (Å²) in [6.45, 7) is 1.83. The fourth-order valence-corrected chi connectivity index (χ4v) is 3.82. The van der Waals surface area contributed by atoms with Gasteiger partial charge in [0.15, 0.2) is 0 Å². The number of imidazole rings is 1. The molecule has 1 saturated heterocycles. The van der Waals surface area contributed by atoms with Gasteiger partial charge in [0.2, 0.25) is 5.91 Å². The number of carbonyl (C=O) groups excluding carboxylic acids is 1. The quantitative estimate of drug-likeness (QED) is 0.904. The van der Waals surface area contributed by atoms with Crippen molar-refractivity contribution in [1.82, 2.24) is 14.5 Å². The van der Waals surface area contributed by atoms with E-state index >= 15 is 0 Å². The molecule has 21 heavy (non-hydrogen) atoms. The number of nitrogens with zero attached hydrogens (tertiary/aromatic N) is 3. The predicted octanol–water partition coefficient (Wildman–Crippen LogP) is 1.27. The smallest absolute Gasteiger partial charge is 0.242 e. The van der Waals surface area contributed by atoms with Gasteiger partial charge in [0.05, 0.1) is 23.5 Å². The maximum absolute atomic E-state index is 12.5. The monoisotopic (exact) mass is 285 g/mol. The lowest BCUT2D eigenvalue weighted by Gasteiger charge is -2.18. The van der Waals surface area contributed by atoms with Crippen LogP contribution in [0.4, 0.5) is 0 Å². The number of benzene rings is 1. The second-order valence-electron chi connectivity index (χ2n) is 6.23. The van der Waals surface area contributed by atoms with Crippen LogP contribution in [0.2, 0.25) is 0 Å². The van der Waals surface area contributed by atoms with Crippen molar-refractivity contribution in [2.45, 2.75) is 25.5 Å². The highest BCUT2D eigenvalue weighted by atomic mass is 16.3. The SMILES string of the molecule is O=C(Cn1cnc2ccccc21)N1CC2CCC(O)C2C1. The lowest BCUT2D eigenvalue weighted by Crippen LogP contribution is -2.33. The highest BCUT2D eigenvalue weighted by Crippen LogP contribution is 2.38. The number of para-hydroxylation sites is 2. The number of aliphatic hydroxyl groups is 1. The molecule has 0 radical (unpaired) electrons. The number of carbonyl (C=O) groups is 1. The summed E-state index contributed by atoms with van der Waals surface area (Å²) in [5, 5.41) is 9.94. The first-order chi connectivity index (χ1) is 10.2. The average molecular weight is 285 g/mol. The van der Waals surface area contributed by atoms with E-state index in [4.69, 9.17) is 0 Å². The molecule has 3 atom stereocenters. The fourth-order valence-electron chi connectivity index (χ4n) is 3.82. The Hall–Kier alpha value is -1.88. The summed E-state index contributed by atoms with van der Waals surface area (Å²) in [4.78, 5) is 18.7. The molecule has 5 heteroatoms. The normalized spacial score (nSPS) is 28.2. The van der Waals surface area contributed by atoms with E-state index in [-0.39, 0.29) is 17.9 Å². The van der Waals surface area contributed by atoms with Crippen LogP contribution >= 0.6 is 0 Å². The largest absolute Gasteiger partial charge is 0.393 e. The van der Waals surface area contributed by atoms with E-state index in [0.717, 1.165) is 30.4 Å². The number of likely N-dealkylation sites (tertiary alicyclic amines) is 1. The van der Waals surface area contributed by atoms with Crippen LogP contribution in [0.5, 0.6) is 0 Å². The molecule has 2 heterocycles. The van der Waals surface area contributed by atoms with Gasteiger partial charge in [-0.15, -0.1) is 0 Å². The van der Waals surface area contributed by atoms with Crippen molar-refractivity contribution in [3.63, 3.8) is 0 Å². The van der Waals surface area contributed by atoms with Crippen molar-refractivity contribution in [1.29, 1.82) is 0 Å². The van der Waals surface area contributed by atoms with Crippen LogP contribution in [0.3, 0.4) is 0 Å². The van der Waals surface area contributed by atoms with E-state index in [1.165, 1.54) is 0 Å². The number of aromatic nitrogens is 2. The molecule has 1 amide bonds. The highest BCUT2D eigenvalue weighted by molar-refractivity contribution is 5.80. The molecule has 5 nitrogen and oxygen atoms in total. The molecule has 1 aromatic heterocycles. The van der Waals surface area contributed by atoms with Crippen molar-refractivity contribution in [3.05, 3.63) is 30.6 Å². The summed E-state index contributed by atoms with van der Waals surface area (Å²) in [7, 11) is 0. The topological polar surface area (TPSA) is 58.4 Å². The molecule has 2 fully saturated rings. The molecule has 1 saturated carbocycles. The first-order valence-corrected chi connectivity index (χ1v) is 7.58. The summed E-state index contributed by atoms with van der Waals surface area (Å²) < 4.78 is 1.90. The van der Waals surface area contributed by atoms with E-state index in [1.807, 2.05) is 33.7 Å². The van der Waals surface area contributed by atoms with E-state index in [2.05, 4.69) is 4.98 Å². The number of amides is 1. The highest BCUT2D eigenvalue weighted by Gasteiger charge is 2.43. The van der Waals surface area contributed by atoms with E-state index in [9.17, 15) is 9.90 Å². The Balaban J connectivity index is 1.49. The summed E-state index contributed by atoms with van der Waals surface area (Å²) in [5.74, 6) is 0.900. The molecule has 1 N–H and O–H groups in total. The van der Waals surface area contributed by atoms with Crippen molar-refractivity contribution in [2.24, 2.45) is 11.8 Å². The molecular weight excluding hydrogens is 266 g/mol. The van der Waals surface area contributed by atoms with Crippen LogP contribution in [0.15, 0.2) is 30.6 Å². The second-order valence-corrected chi connectivity index (χ2v) is 6.23. The molecule has 0 bridgehead atoms. The third-order valence-corrected chi connectivity index (χ3v) is 5.00. The summed E-state index contributed by atoms with van der Waals surface area (Å²) in [6, 6.07) is 7.84. The van der Waals surface area contributed by atoms with Crippen molar-refractivity contribution in [2.75, 3.05) is 13.1 Å². The number of hydrogen-bond acceptors (Lipinski definition) is 3. The van der Waals surface area contributed by atoms with Gasteiger partial charge in [-0.25, -0.2) is 4.98 Å². The zero-order valence-corrected chi connectivity index (χ0v) is 11.9. The Morgan fingerprint density at radius 3 is 3.00 bits per heavy atom. The van der Waals surface area contributed by atoms with Crippen LogP contribution in [0, 0.1) is 11.8 Å². The van der Waals surface area contributed by atoms with Crippen molar-refractivity contribution < 1.29 is 9.90 Å². The molecule has 1 aliphatic carbocycles. The average Bonchev–Trinajstić information content (AvgIpc) is 3.16. The minimum absolute atomic E-state index is 0.125. The third kappa shape index (κ3) is 2.12. The van der Waals surface area contributed by atoms with Gasteiger partial charge in [-0.3, -0.25) is 4.79 Å². The van der Waals surface area contributed by atoms with Crippen LogP contribution in [0.25, 0.3) is 11.0 Å². The number of rotatable bonds is 2. The Morgan fingerprint density at radius 2 is 2.14 bits per heavy atom. The zero-order valence-electron chi connectivity index (χ0n) is 11.9. The van der Waals surface area contributed by atoms with Gasteiger partial charge < -0.3 is 14.6 Å². The summed E-state index contributed by atoms with van der Waals surface area (Å²) >= 11 is 0. The molecule has 1 aliphatic heterocycles. The minimum atomic E-state index is -0.220. The van der Waals surface area contributed by atoms with E-state index in [1.54, 1.807) is 6.33 Å². The molecule has 4 rings (SSSR count). The Labute approximate surface area is 123 Å². The number of aliphatic hydroxyl groups excluding tert-OH is 1. The molecule has 1 aromatic carbocycles. The summed E-state index contributed by atoms with van der Waals surface area (Å²) in [6.07, 6.45) is 3.45. The van der Waals surface area contributed by atoms with Crippen LogP contribution < -0.4 is 0 Å².